The standard InChI is InChI=1S/C10H14N2O4/c1-15-10(4-2-3-5-10)9-11-7(16-12-9)6-8(13)14/h2-6H2,1H3,(H,13,14). The number of rotatable bonds is 4. The van der Waals surface area contributed by atoms with Crippen molar-refractivity contribution >= 4 is 5.97 Å². The van der Waals surface area contributed by atoms with Crippen LogP contribution in [0.15, 0.2) is 4.52 Å². The van der Waals surface area contributed by atoms with Gasteiger partial charge in [-0.25, -0.2) is 0 Å². The number of methoxy groups -OCH3 is 1. The van der Waals surface area contributed by atoms with E-state index in [1.807, 2.05) is 0 Å². The van der Waals surface area contributed by atoms with Gasteiger partial charge in [-0.1, -0.05) is 5.16 Å². The summed E-state index contributed by atoms with van der Waals surface area (Å²) in [6.07, 6.45) is 3.60. The molecule has 6 nitrogen and oxygen atoms in total. The first kappa shape index (κ1) is 11.1. The van der Waals surface area contributed by atoms with Crippen LogP contribution in [0.5, 0.6) is 0 Å². The van der Waals surface area contributed by atoms with E-state index in [0.717, 1.165) is 25.7 Å². The Balaban J connectivity index is 2.19. The number of nitrogens with zero attached hydrogens (tertiary/aromatic N) is 2. The summed E-state index contributed by atoms with van der Waals surface area (Å²) < 4.78 is 10.4. The fourth-order valence-corrected chi connectivity index (χ4v) is 2.11. The molecule has 1 aromatic rings. The van der Waals surface area contributed by atoms with Gasteiger partial charge in [0.25, 0.3) is 0 Å². The minimum absolute atomic E-state index is 0.130. The molecule has 0 amide bonds. The third-order valence-corrected chi connectivity index (χ3v) is 2.98. The monoisotopic (exact) mass is 226 g/mol. The number of aromatic nitrogens is 2. The summed E-state index contributed by atoms with van der Waals surface area (Å²) in [6, 6.07) is 0. The molecule has 0 radical (unpaired) electrons. The number of hydrogen-bond donors (Lipinski definition) is 1. The molecule has 0 spiro atoms. The SMILES string of the molecule is COC1(c2noc(CC(=O)O)n2)CCCC1. The van der Waals surface area contributed by atoms with Crippen molar-refractivity contribution in [3.63, 3.8) is 0 Å². The topological polar surface area (TPSA) is 85.5 Å². The van der Waals surface area contributed by atoms with Crippen LogP contribution >= 0.6 is 0 Å². The number of hydrogen-bond acceptors (Lipinski definition) is 5. The van der Waals surface area contributed by atoms with E-state index in [0.29, 0.717) is 5.82 Å². The summed E-state index contributed by atoms with van der Waals surface area (Å²) in [6.45, 7) is 0. The van der Waals surface area contributed by atoms with E-state index in [-0.39, 0.29) is 12.3 Å². The van der Waals surface area contributed by atoms with Gasteiger partial charge in [0.1, 0.15) is 12.0 Å². The molecule has 2 rings (SSSR count). The summed E-state index contributed by atoms with van der Waals surface area (Å²) >= 11 is 0. The van der Waals surface area contributed by atoms with Crippen LogP contribution in [0.1, 0.15) is 37.4 Å². The van der Waals surface area contributed by atoms with Crippen LogP contribution in [0.3, 0.4) is 0 Å². The van der Waals surface area contributed by atoms with Gasteiger partial charge < -0.3 is 14.4 Å². The lowest BCUT2D eigenvalue weighted by Crippen LogP contribution is -2.26. The zero-order valence-electron chi connectivity index (χ0n) is 9.10. The smallest absolute Gasteiger partial charge is 0.312 e. The number of carboxylic acid groups (broad SMARTS) is 1. The van der Waals surface area contributed by atoms with Gasteiger partial charge in [0.15, 0.2) is 0 Å². The van der Waals surface area contributed by atoms with Crippen LogP contribution in [-0.4, -0.2) is 28.3 Å². The lowest BCUT2D eigenvalue weighted by molar-refractivity contribution is -0.136. The maximum absolute atomic E-state index is 10.5. The molecule has 1 saturated carbocycles. The van der Waals surface area contributed by atoms with Gasteiger partial charge in [-0.3, -0.25) is 4.79 Å². The molecule has 1 aliphatic carbocycles. The molecule has 0 aliphatic heterocycles. The van der Waals surface area contributed by atoms with E-state index in [9.17, 15) is 4.79 Å². The molecule has 16 heavy (non-hydrogen) atoms. The average molecular weight is 226 g/mol. The van der Waals surface area contributed by atoms with Crippen molar-refractivity contribution in [2.75, 3.05) is 7.11 Å². The Morgan fingerprint density at radius 2 is 2.25 bits per heavy atom. The summed E-state index contributed by atoms with van der Waals surface area (Å²) in [4.78, 5) is 14.6. The van der Waals surface area contributed by atoms with E-state index in [4.69, 9.17) is 14.4 Å². The highest BCUT2D eigenvalue weighted by Gasteiger charge is 2.40. The molecule has 1 aromatic heterocycles. The second-order valence-corrected chi connectivity index (χ2v) is 3.99. The molecular weight excluding hydrogens is 212 g/mol. The molecule has 0 aromatic carbocycles. The second kappa shape index (κ2) is 4.21. The largest absolute Gasteiger partial charge is 0.481 e. The van der Waals surface area contributed by atoms with E-state index in [1.54, 1.807) is 7.11 Å². The third-order valence-electron chi connectivity index (χ3n) is 2.98. The molecule has 1 heterocycles. The number of aliphatic carboxylic acids is 1. The van der Waals surface area contributed by atoms with Gasteiger partial charge in [-0.05, 0) is 25.7 Å². The number of ether oxygens (including phenoxy) is 1. The summed E-state index contributed by atoms with van der Waals surface area (Å²) in [7, 11) is 1.62. The van der Waals surface area contributed by atoms with Crippen molar-refractivity contribution in [2.45, 2.75) is 37.7 Å². The van der Waals surface area contributed by atoms with Crippen molar-refractivity contribution in [3.05, 3.63) is 11.7 Å². The predicted molar refractivity (Wildman–Crippen MR) is 52.8 cm³/mol. The van der Waals surface area contributed by atoms with Crippen LogP contribution in [0, 0.1) is 0 Å². The molecule has 0 bridgehead atoms. The van der Waals surface area contributed by atoms with Crippen molar-refractivity contribution in [3.8, 4) is 0 Å². The summed E-state index contributed by atoms with van der Waals surface area (Å²) in [5.74, 6) is -0.373. The first-order valence-electron chi connectivity index (χ1n) is 5.26. The van der Waals surface area contributed by atoms with E-state index >= 15 is 0 Å². The Kier molecular flexibility index (Phi) is 2.91. The third kappa shape index (κ3) is 1.92. The highest BCUT2D eigenvalue weighted by atomic mass is 16.5. The van der Waals surface area contributed by atoms with Crippen LogP contribution in [-0.2, 0) is 21.6 Å². The van der Waals surface area contributed by atoms with Crippen LogP contribution in [0.2, 0.25) is 0 Å². The number of carbonyl (C=O) groups is 1. The first-order valence-corrected chi connectivity index (χ1v) is 5.26. The van der Waals surface area contributed by atoms with Crippen LogP contribution in [0.25, 0.3) is 0 Å². The van der Waals surface area contributed by atoms with Gasteiger partial charge in [0.2, 0.25) is 11.7 Å². The molecule has 6 heteroatoms. The van der Waals surface area contributed by atoms with Crippen molar-refractivity contribution in [2.24, 2.45) is 0 Å². The van der Waals surface area contributed by atoms with Crippen molar-refractivity contribution < 1.29 is 19.2 Å². The maximum atomic E-state index is 10.5. The molecule has 0 saturated heterocycles. The van der Waals surface area contributed by atoms with E-state index < -0.39 is 11.6 Å². The number of carboxylic acids is 1. The molecule has 1 fully saturated rings. The zero-order chi connectivity index (χ0) is 11.6. The second-order valence-electron chi connectivity index (χ2n) is 3.99. The quantitative estimate of drug-likeness (QED) is 0.827. The Morgan fingerprint density at radius 3 is 2.81 bits per heavy atom. The molecule has 88 valence electrons. The lowest BCUT2D eigenvalue weighted by Gasteiger charge is -2.22. The Morgan fingerprint density at radius 1 is 1.56 bits per heavy atom. The molecular formula is C10H14N2O4. The zero-order valence-corrected chi connectivity index (χ0v) is 9.10. The molecule has 0 atom stereocenters. The van der Waals surface area contributed by atoms with Crippen molar-refractivity contribution in [1.29, 1.82) is 0 Å². The fraction of sp³-hybridized carbons (Fsp3) is 0.700. The average Bonchev–Trinajstić information content (AvgIpc) is 2.85. The van der Waals surface area contributed by atoms with Gasteiger partial charge in [0.05, 0.1) is 0 Å². The summed E-state index contributed by atoms with van der Waals surface area (Å²) in [5, 5.41) is 12.4. The van der Waals surface area contributed by atoms with Crippen LogP contribution in [0.4, 0.5) is 0 Å². The highest BCUT2D eigenvalue weighted by molar-refractivity contribution is 5.68. The minimum atomic E-state index is -0.979. The van der Waals surface area contributed by atoms with Gasteiger partial charge >= 0.3 is 5.97 Å². The normalized spacial score (nSPS) is 18.8. The Bertz CT molecular complexity index is 382. The van der Waals surface area contributed by atoms with Gasteiger partial charge in [-0.15, -0.1) is 0 Å². The van der Waals surface area contributed by atoms with E-state index in [2.05, 4.69) is 10.1 Å². The Hall–Kier alpha value is -1.43. The molecule has 1 aliphatic rings. The van der Waals surface area contributed by atoms with Gasteiger partial charge in [0, 0.05) is 7.11 Å². The minimum Gasteiger partial charge on any atom is -0.481 e. The lowest BCUT2D eigenvalue weighted by atomic mass is 10.0. The first-order chi connectivity index (χ1) is 7.66. The maximum Gasteiger partial charge on any atom is 0.312 e. The Labute approximate surface area is 92.6 Å². The summed E-state index contributed by atoms with van der Waals surface area (Å²) in [5.41, 5.74) is -0.472. The predicted octanol–water partition coefficient (Wildman–Crippen LogP) is 1.11. The molecule has 1 N–H and O–H groups in total. The highest BCUT2D eigenvalue weighted by Crippen LogP contribution is 2.40. The van der Waals surface area contributed by atoms with E-state index in [1.165, 1.54) is 0 Å². The molecule has 0 unspecified atom stereocenters. The van der Waals surface area contributed by atoms with Crippen LogP contribution < -0.4 is 0 Å². The van der Waals surface area contributed by atoms with Crippen molar-refractivity contribution in [1.82, 2.24) is 10.1 Å². The fourth-order valence-electron chi connectivity index (χ4n) is 2.11. The van der Waals surface area contributed by atoms with Gasteiger partial charge in [-0.2, -0.15) is 4.98 Å².